The second-order valence-corrected chi connectivity index (χ2v) is 7.78. The monoisotopic (exact) mass is 419 g/mol. The fourth-order valence-electron chi connectivity index (χ4n) is 4.07. The summed E-state index contributed by atoms with van der Waals surface area (Å²) in [4.78, 5) is 24.4. The van der Waals surface area contributed by atoms with Crippen LogP contribution in [0.2, 0.25) is 0 Å². The van der Waals surface area contributed by atoms with Crippen LogP contribution in [0, 0.1) is 0 Å². The van der Waals surface area contributed by atoms with Gasteiger partial charge in [0.05, 0.1) is 17.8 Å². The molecule has 3 aromatic heterocycles. The Kier molecular flexibility index (Phi) is 4.99. The average Bonchev–Trinajstić information content (AvgIpc) is 3.27. The fraction of sp³-hybridized carbons (Fsp3) is 0.381. The second kappa shape index (κ2) is 7.95. The molecule has 1 saturated heterocycles. The predicted molar refractivity (Wildman–Crippen MR) is 120 cm³/mol. The van der Waals surface area contributed by atoms with E-state index in [0.29, 0.717) is 12.4 Å². The largest absolute Gasteiger partial charge is 0.378 e. The van der Waals surface area contributed by atoms with Gasteiger partial charge in [0.15, 0.2) is 0 Å². The molecule has 31 heavy (non-hydrogen) atoms. The highest BCUT2D eigenvalue weighted by Crippen LogP contribution is 2.28. The number of fused-ring (bicyclic) bond motifs is 2. The van der Waals surface area contributed by atoms with E-state index in [9.17, 15) is 0 Å². The summed E-state index contributed by atoms with van der Waals surface area (Å²) in [6, 6.07) is 8.45. The smallest absolute Gasteiger partial charge is 0.254 e. The summed E-state index contributed by atoms with van der Waals surface area (Å²) in [5.41, 5.74) is 2.99. The predicted octanol–water partition coefficient (Wildman–Crippen LogP) is 1.61. The highest BCUT2D eigenvalue weighted by atomic mass is 16.5. The molecule has 0 aliphatic carbocycles. The molecule has 4 heterocycles. The minimum absolute atomic E-state index is 0.448. The number of benzene rings is 1. The van der Waals surface area contributed by atoms with Crippen molar-refractivity contribution < 1.29 is 4.74 Å². The van der Waals surface area contributed by atoms with Crippen molar-refractivity contribution in [3.63, 3.8) is 0 Å². The third-order valence-corrected chi connectivity index (χ3v) is 5.57. The fourth-order valence-corrected chi connectivity index (χ4v) is 4.07. The van der Waals surface area contributed by atoms with Crippen molar-refractivity contribution in [2.45, 2.75) is 6.61 Å². The molecule has 1 fully saturated rings. The first-order valence-corrected chi connectivity index (χ1v) is 10.2. The molecule has 0 unspecified atom stereocenters. The zero-order valence-electron chi connectivity index (χ0n) is 17.9. The zero-order chi connectivity index (χ0) is 21.4. The van der Waals surface area contributed by atoms with Crippen molar-refractivity contribution in [1.29, 1.82) is 0 Å². The summed E-state index contributed by atoms with van der Waals surface area (Å²) in [7, 11) is 5.68. The summed E-state index contributed by atoms with van der Waals surface area (Å²) in [6.07, 6.45) is 3.16. The van der Waals surface area contributed by atoms with Gasteiger partial charge in [-0.2, -0.15) is 14.6 Å². The summed E-state index contributed by atoms with van der Waals surface area (Å²) < 4.78 is 7.07. The summed E-state index contributed by atoms with van der Waals surface area (Å²) in [6.45, 7) is 3.98. The van der Waals surface area contributed by atoms with Gasteiger partial charge in [-0.1, -0.05) is 0 Å². The maximum atomic E-state index is 5.27. The molecule has 1 aliphatic rings. The lowest BCUT2D eigenvalue weighted by molar-refractivity contribution is 0.181. The van der Waals surface area contributed by atoms with Gasteiger partial charge in [-0.3, -0.25) is 0 Å². The van der Waals surface area contributed by atoms with E-state index in [1.807, 2.05) is 25.1 Å². The molecule has 4 aromatic rings. The second-order valence-electron chi connectivity index (χ2n) is 7.78. The lowest BCUT2D eigenvalue weighted by Crippen LogP contribution is -2.47. The molecule has 10 heteroatoms. The number of aromatic nitrogens is 6. The average molecular weight is 419 g/mol. The van der Waals surface area contributed by atoms with E-state index in [1.54, 1.807) is 18.0 Å². The van der Waals surface area contributed by atoms with Crippen molar-refractivity contribution in [3.05, 3.63) is 42.6 Å². The molecule has 0 radical (unpaired) electrons. The van der Waals surface area contributed by atoms with Gasteiger partial charge in [-0.05, 0) is 18.2 Å². The molecule has 0 saturated carbocycles. The van der Waals surface area contributed by atoms with Crippen molar-refractivity contribution >= 4 is 34.0 Å². The van der Waals surface area contributed by atoms with E-state index >= 15 is 0 Å². The molecule has 0 N–H and O–H groups in total. The summed E-state index contributed by atoms with van der Waals surface area (Å²) in [5, 5.41) is 5.43. The number of methoxy groups -OCH3 is 1. The number of hydrogen-bond acceptors (Lipinski definition) is 9. The molecule has 1 aliphatic heterocycles. The van der Waals surface area contributed by atoms with Crippen LogP contribution in [0.4, 0.5) is 17.3 Å². The maximum absolute atomic E-state index is 5.27. The normalized spacial score (nSPS) is 14.5. The van der Waals surface area contributed by atoms with Crippen LogP contribution in [0.3, 0.4) is 0 Å². The van der Waals surface area contributed by atoms with Gasteiger partial charge < -0.3 is 19.4 Å². The Balaban J connectivity index is 1.39. The molecule has 0 atom stereocenters. The third kappa shape index (κ3) is 3.59. The van der Waals surface area contributed by atoms with E-state index < -0.39 is 0 Å². The van der Waals surface area contributed by atoms with Crippen molar-refractivity contribution in [3.8, 4) is 0 Å². The van der Waals surface area contributed by atoms with Gasteiger partial charge in [-0.15, -0.1) is 0 Å². The Morgan fingerprint density at radius 2 is 1.77 bits per heavy atom. The maximum Gasteiger partial charge on any atom is 0.254 e. The lowest BCUT2D eigenvalue weighted by atomic mass is 10.1. The van der Waals surface area contributed by atoms with Gasteiger partial charge in [0.2, 0.25) is 0 Å². The van der Waals surface area contributed by atoms with Crippen LogP contribution < -0.4 is 14.7 Å². The van der Waals surface area contributed by atoms with Crippen molar-refractivity contribution in [2.75, 3.05) is 62.1 Å². The van der Waals surface area contributed by atoms with E-state index in [-0.39, 0.29) is 0 Å². The highest BCUT2D eigenvalue weighted by molar-refractivity contribution is 5.91. The van der Waals surface area contributed by atoms with E-state index in [0.717, 1.165) is 54.4 Å². The molecular weight excluding hydrogens is 394 g/mol. The van der Waals surface area contributed by atoms with Crippen molar-refractivity contribution in [2.24, 2.45) is 0 Å². The Hall–Kier alpha value is -3.53. The van der Waals surface area contributed by atoms with E-state index in [4.69, 9.17) is 4.74 Å². The van der Waals surface area contributed by atoms with Crippen molar-refractivity contribution in [1.82, 2.24) is 29.5 Å². The minimum atomic E-state index is 0.448. The summed E-state index contributed by atoms with van der Waals surface area (Å²) >= 11 is 0. The van der Waals surface area contributed by atoms with Gasteiger partial charge >= 0.3 is 0 Å². The molecule has 0 bridgehead atoms. The minimum Gasteiger partial charge on any atom is -0.378 e. The molecule has 5 rings (SSSR count). The third-order valence-electron chi connectivity index (χ3n) is 5.57. The van der Waals surface area contributed by atoms with Gasteiger partial charge in [-0.25, -0.2) is 15.0 Å². The molecule has 1 aromatic carbocycles. The Labute approximate surface area is 180 Å². The number of hydrogen-bond donors (Lipinski definition) is 0. The number of anilines is 3. The van der Waals surface area contributed by atoms with Crippen LogP contribution in [0.15, 0.2) is 36.9 Å². The molecule has 160 valence electrons. The molecular formula is C21H25N9O. The van der Waals surface area contributed by atoms with E-state index in [2.05, 4.69) is 53.0 Å². The van der Waals surface area contributed by atoms with Crippen LogP contribution >= 0.6 is 0 Å². The van der Waals surface area contributed by atoms with Crippen LogP contribution in [-0.4, -0.2) is 76.9 Å². The quantitative estimate of drug-likeness (QED) is 0.479. The van der Waals surface area contributed by atoms with Gasteiger partial charge in [0.1, 0.15) is 24.3 Å². The van der Waals surface area contributed by atoms with Crippen LogP contribution in [0.5, 0.6) is 0 Å². The first-order valence-electron chi connectivity index (χ1n) is 10.2. The van der Waals surface area contributed by atoms with Crippen LogP contribution in [0.1, 0.15) is 5.69 Å². The number of ether oxygens (including phenoxy) is 1. The number of rotatable bonds is 5. The van der Waals surface area contributed by atoms with Gasteiger partial charge in [0.25, 0.3) is 5.78 Å². The van der Waals surface area contributed by atoms with Crippen LogP contribution in [-0.2, 0) is 11.3 Å². The Morgan fingerprint density at radius 1 is 0.968 bits per heavy atom. The highest BCUT2D eigenvalue weighted by Gasteiger charge is 2.21. The SMILES string of the molecule is COCc1cc(N2CCN(c3ccc4ncnc(N(C)C)c4c3)CC2)n2ncnc2n1. The van der Waals surface area contributed by atoms with E-state index in [1.165, 1.54) is 12.0 Å². The Morgan fingerprint density at radius 3 is 2.55 bits per heavy atom. The molecule has 0 amide bonds. The summed E-state index contributed by atoms with van der Waals surface area (Å²) in [5.74, 6) is 2.52. The van der Waals surface area contributed by atoms with Crippen LogP contribution in [0.25, 0.3) is 16.7 Å². The molecule has 0 spiro atoms. The first-order chi connectivity index (χ1) is 15.1. The first kappa shape index (κ1) is 19.4. The Bertz CT molecular complexity index is 1210. The lowest BCUT2D eigenvalue weighted by Gasteiger charge is -2.37. The topological polar surface area (TPSA) is 87.8 Å². The number of piperazine rings is 1. The molecule has 10 nitrogen and oxygen atoms in total. The standard InChI is InChI=1S/C21H25N9O/c1-27(2)20-17-11-16(4-5-18(17)22-13-23-20)28-6-8-29(9-7-28)19-10-15(12-31-3)26-21-24-14-25-30(19)21/h4-5,10-11,13-14H,6-9,12H2,1-3H3. The number of nitrogens with zero attached hydrogens (tertiary/aromatic N) is 9. The van der Waals surface area contributed by atoms with Gasteiger partial charge in [0, 0.05) is 64.5 Å². The zero-order valence-corrected chi connectivity index (χ0v) is 17.9.